The lowest BCUT2D eigenvalue weighted by Crippen LogP contribution is -2.63. The summed E-state index contributed by atoms with van der Waals surface area (Å²) in [6, 6.07) is 9.91. The number of β-lactam (4-membered cyclic amide) rings is 1. The number of thioether (sulfide) groups is 1. The monoisotopic (exact) mass is 361 g/mol. The van der Waals surface area contributed by atoms with E-state index in [4.69, 9.17) is 4.43 Å². The molecule has 0 radical (unpaired) electrons. The highest BCUT2D eigenvalue weighted by Crippen LogP contribution is 2.38. The molecule has 3 nitrogen and oxygen atoms in total. The third kappa shape index (κ3) is 4.44. The maximum absolute atomic E-state index is 12.0. The highest BCUT2D eigenvalue weighted by molar-refractivity contribution is 8.03. The van der Waals surface area contributed by atoms with Crippen molar-refractivity contribution >= 4 is 26.0 Å². The van der Waals surface area contributed by atoms with E-state index in [9.17, 15) is 4.79 Å². The first kappa shape index (κ1) is 19.1. The minimum atomic E-state index is -1.89. The summed E-state index contributed by atoms with van der Waals surface area (Å²) in [5.41, 5.74) is 0. The summed E-state index contributed by atoms with van der Waals surface area (Å²) < 4.78 is 6.37. The predicted molar refractivity (Wildman–Crippen MR) is 103 cm³/mol. The Kier molecular flexibility index (Phi) is 5.85. The van der Waals surface area contributed by atoms with Gasteiger partial charge < -0.3 is 9.74 Å². The summed E-state index contributed by atoms with van der Waals surface area (Å²) in [6.45, 7) is 13.1. The maximum Gasteiger partial charge on any atom is 0.229 e. The fourth-order valence-electron chi connectivity index (χ4n) is 2.36. The number of rotatable bonds is 4. The average molecular weight is 362 g/mol. The van der Waals surface area contributed by atoms with Crippen LogP contribution in [0.15, 0.2) is 35.2 Å². The van der Waals surface area contributed by atoms with Gasteiger partial charge in [0.05, 0.1) is 12.0 Å². The van der Waals surface area contributed by atoms with Crippen LogP contribution in [-0.2, 0) is 9.22 Å². The maximum atomic E-state index is 12.0. The molecular formula is C19H27NO2SSi. The first-order valence-corrected chi connectivity index (χ1v) is 12.0. The van der Waals surface area contributed by atoms with Gasteiger partial charge in [0.2, 0.25) is 5.91 Å². The molecule has 1 amide bonds. The molecule has 0 aliphatic carbocycles. The van der Waals surface area contributed by atoms with Gasteiger partial charge in [-0.05, 0) is 54.2 Å². The molecule has 1 aliphatic rings. The van der Waals surface area contributed by atoms with Crippen molar-refractivity contribution in [2.45, 2.75) is 62.9 Å². The van der Waals surface area contributed by atoms with Gasteiger partial charge in [0.15, 0.2) is 8.32 Å². The molecule has 5 heteroatoms. The topological polar surface area (TPSA) is 38.3 Å². The lowest BCUT2D eigenvalue weighted by Gasteiger charge is -2.44. The van der Waals surface area contributed by atoms with E-state index in [1.165, 1.54) is 11.8 Å². The van der Waals surface area contributed by atoms with Gasteiger partial charge in [-0.15, -0.1) is 0 Å². The van der Waals surface area contributed by atoms with Crippen molar-refractivity contribution in [1.29, 1.82) is 0 Å². The number of carbonyl (C=O) groups excluding carboxylic acids is 1. The molecule has 1 aromatic rings. The van der Waals surface area contributed by atoms with E-state index in [1.807, 2.05) is 37.3 Å². The third-order valence-electron chi connectivity index (χ3n) is 4.88. The summed E-state index contributed by atoms with van der Waals surface area (Å²) in [7, 11) is -1.89. The Labute approximate surface area is 151 Å². The van der Waals surface area contributed by atoms with Crippen LogP contribution in [0.25, 0.3) is 0 Å². The highest BCUT2D eigenvalue weighted by atomic mass is 32.2. The van der Waals surface area contributed by atoms with Crippen LogP contribution in [0.5, 0.6) is 0 Å². The van der Waals surface area contributed by atoms with Crippen LogP contribution in [0.4, 0.5) is 0 Å². The molecule has 0 aromatic heterocycles. The number of nitrogens with one attached hydrogen (secondary N) is 1. The van der Waals surface area contributed by atoms with E-state index < -0.39 is 8.32 Å². The van der Waals surface area contributed by atoms with E-state index >= 15 is 0 Å². The summed E-state index contributed by atoms with van der Waals surface area (Å²) in [6.07, 6.45) is -0.110. The van der Waals surface area contributed by atoms with Gasteiger partial charge in [0, 0.05) is 4.90 Å². The number of carbonyl (C=O) groups is 1. The second-order valence-electron chi connectivity index (χ2n) is 7.76. The predicted octanol–water partition coefficient (Wildman–Crippen LogP) is 4.26. The lowest BCUT2D eigenvalue weighted by molar-refractivity contribution is -0.137. The normalized spacial score (nSPS) is 22.0. The minimum Gasteiger partial charge on any atom is -0.413 e. The SMILES string of the molecule is C[C@H](O[Si](C)(C)C(C)(C)C)[C@@H]1C(=O)N[C@@H]1C#CSc1ccccc1. The van der Waals surface area contributed by atoms with Crippen molar-refractivity contribution in [1.82, 2.24) is 5.32 Å². The van der Waals surface area contributed by atoms with Gasteiger partial charge in [-0.2, -0.15) is 0 Å². The van der Waals surface area contributed by atoms with Gasteiger partial charge in [-0.1, -0.05) is 44.9 Å². The smallest absolute Gasteiger partial charge is 0.229 e. The molecule has 1 saturated heterocycles. The molecule has 0 spiro atoms. The summed E-state index contributed by atoms with van der Waals surface area (Å²) >= 11 is 1.49. The standard InChI is InChI=1S/C19H27NO2SSi/c1-14(22-24(5,6)19(2,3)4)17-16(20-18(17)21)12-13-23-15-10-8-7-9-11-15/h7-11,14,16-17H,1-6H3,(H,20,21)/t14-,16+,17-/m0/s1. The van der Waals surface area contributed by atoms with E-state index in [2.05, 4.69) is 50.4 Å². The second-order valence-corrected chi connectivity index (χ2v) is 13.4. The van der Waals surface area contributed by atoms with Crippen molar-refractivity contribution in [2.24, 2.45) is 5.92 Å². The molecule has 0 unspecified atom stereocenters. The Balaban J connectivity index is 1.98. The Hall–Kier alpha value is -1.22. The Morgan fingerprint density at radius 3 is 2.42 bits per heavy atom. The molecule has 1 aliphatic heterocycles. The van der Waals surface area contributed by atoms with Gasteiger partial charge in [0.25, 0.3) is 0 Å². The molecule has 1 heterocycles. The van der Waals surface area contributed by atoms with E-state index in [0.29, 0.717) is 0 Å². The number of benzene rings is 1. The van der Waals surface area contributed by atoms with Crippen molar-refractivity contribution in [3.05, 3.63) is 30.3 Å². The van der Waals surface area contributed by atoms with Crippen molar-refractivity contribution < 1.29 is 9.22 Å². The van der Waals surface area contributed by atoms with Gasteiger partial charge in [0.1, 0.15) is 6.04 Å². The molecular weight excluding hydrogens is 334 g/mol. The first-order valence-electron chi connectivity index (χ1n) is 8.32. The Morgan fingerprint density at radius 2 is 1.88 bits per heavy atom. The summed E-state index contributed by atoms with van der Waals surface area (Å²) in [4.78, 5) is 13.1. The zero-order chi connectivity index (χ0) is 18.0. The summed E-state index contributed by atoms with van der Waals surface area (Å²) in [5, 5.41) is 6.13. The lowest BCUT2D eigenvalue weighted by atomic mass is 9.87. The summed E-state index contributed by atoms with van der Waals surface area (Å²) in [5.74, 6) is 3.04. The van der Waals surface area contributed by atoms with Crippen LogP contribution < -0.4 is 5.32 Å². The van der Waals surface area contributed by atoms with Gasteiger partial charge >= 0.3 is 0 Å². The Morgan fingerprint density at radius 1 is 1.25 bits per heavy atom. The quantitative estimate of drug-likeness (QED) is 0.377. The molecule has 2 rings (SSSR count). The second kappa shape index (κ2) is 7.34. The van der Waals surface area contributed by atoms with Crippen LogP contribution in [0, 0.1) is 17.1 Å². The van der Waals surface area contributed by atoms with Crippen LogP contribution in [0.2, 0.25) is 18.1 Å². The Bertz CT molecular complexity index is 643. The fraction of sp³-hybridized carbons (Fsp3) is 0.526. The minimum absolute atomic E-state index is 0.0465. The first-order chi connectivity index (χ1) is 11.1. The highest BCUT2D eigenvalue weighted by Gasteiger charge is 2.46. The van der Waals surface area contributed by atoms with E-state index in [-0.39, 0.29) is 29.0 Å². The van der Waals surface area contributed by atoms with Crippen molar-refractivity contribution in [3.8, 4) is 11.2 Å². The molecule has 1 N–H and O–H groups in total. The number of hydrogen-bond donors (Lipinski definition) is 1. The van der Waals surface area contributed by atoms with Crippen LogP contribution in [-0.4, -0.2) is 26.4 Å². The number of hydrogen-bond acceptors (Lipinski definition) is 3. The molecule has 3 atom stereocenters. The van der Waals surface area contributed by atoms with E-state index in [0.717, 1.165) is 4.90 Å². The van der Waals surface area contributed by atoms with E-state index in [1.54, 1.807) is 0 Å². The van der Waals surface area contributed by atoms with Crippen LogP contribution in [0.3, 0.4) is 0 Å². The zero-order valence-corrected chi connectivity index (χ0v) is 17.2. The molecule has 0 saturated carbocycles. The van der Waals surface area contributed by atoms with Crippen LogP contribution in [0.1, 0.15) is 27.7 Å². The third-order valence-corrected chi connectivity index (χ3v) is 10.2. The molecule has 1 fully saturated rings. The largest absolute Gasteiger partial charge is 0.413 e. The molecule has 0 bridgehead atoms. The van der Waals surface area contributed by atoms with Crippen molar-refractivity contribution in [3.63, 3.8) is 0 Å². The molecule has 24 heavy (non-hydrogen) atoms. The van der Waals surface area contributed by atoms with Crippen LogP contribution >= 0.6 is 11.8 Å². The van der Waals surface area contributed by atoms with Gasteiger partial charge in [-0.25, -0.2) is 0 Å². The molecule has 1 aromatic carbocycles. The van der Waals surface area contributed by atoms with Gasteiger partial charge in [-0.3, -0.25) is 4.79 Å². The zero-order valence-electron chi connectivity index (χ0n) is 15.3. The van der Waals surface area contributed by atoms with Crippen molar-refractivity contribution in [2.75, 3.05) is 0 Å². The average Bonchev–Trinajstić information content (AvgIpc) is 2.45. The molecule has 130 valence electrons. The fourth-order valence-corrected chi connectivity index (χ4v) is 4.39. The number of amides is 1.